The fourth-order valence-electron chi connectivity index (χ4n) is 1.72. The van der Waals surface area contributed by atoms with Crippen molar-refractivity contribution in [2.75, 3.05) is 5.73 Å². The third kappa shape index (κ3) is 1.28. The summed E-state index contributed by atoms with van der Waals surface area (Å²) in [5, 5.41) is 8.92. The number of rotatable bonds is 1. The van der Waals surface area contributed by atoms with Crippen LogP contribution in [0.25, 0.3) is 0 Å². The first kappa shape index (κ1) is 8.87. The summed E-state index contributed by atoms with van der Waals surface area (Å²) in [6.45, 7) is 1.90. The lowest BCUT2D eigenvalue weighted by atomic mass is 10.1. The van der Waals surface area contributed by atoms with E-state index in [0.29, 0.717) is 11.4 Å². The number of nitrogens with two attached hydrogens (primary N) is 1. The molecule has 14 heavy (non-hydrogen) atoms. The number of aromatic carboxylic acids is 1. The Morgan fingerprint density at radius 1 is 1.64 bits per heavy atom. The van der Waals surface area contributed by atoms with Crippen molar-refractivity contribution in [1.82, 2.24) is 0 Å². The molecule has 0 unspecified atom stereocenters. The van der Waals surface area contributed by atoms with Gasteiger partial charge in [-0.15, -0.1) is 0 Å². The van der Waals surface area contributed by atoms with Crippen LogP contribution >= 0.6 is 0 Å². The van der Waals surface area contributed by atoms with Gasteiger partial charge in [0.15, 0.2) is 0 Å². The molecule has 1 heterocycles. The first-order valence-corrected chi connectivity index (χ1v) is 4.40. The molecule has 0 spiro atoms. The van der Waals surface area contributed by atoms with Crippen LogP contribution in [0.4, 0.5) is 5.69 Å². The number of fused-ring (bicyclic) bond motifs is 1. The van der Waals surface area contributed by atoms with Gasteiger partial charge in [-0.3, -0.25) is 0 Å². The SMILES string of the molecule is C[C@@H]1Cc2cc(N)cc(C(=O)O)c2O1. The Hall–Kier alpha value is -1.71. The van der Waals surface area contributed by atoms with E-state index in [4.69, 9.17) is 15.6 Å². The summed E-state index contributed by atoms with van der Waals surface area (Å²) in [5.41, 5.74) is 7.11. The van der Waals surface area contributed by atoms with E-state index in [1.165, 1.54) is 6.07 Å². The zero-order valence-corrected chi connectivity index (χ0v) is 7.78. The molecule has 2 rings (SSSR count). The Kier molecular flexibility index (Phi) is 1.84. The van der Waals surface area contributed by atoms with E-state index in [1.807, 2.05) is 6.92 Å². The number of carbonyl (C=O) groups is 1. The molecule has 0 amide bonds. The summed E-state index contributed by atoms with van der Waals surface area (Å²) in [6.07, 6.45) is 0.755. The van der Waals surface area contributed by atoms with Crippen LogP contribution in [-0.4, -0.2) is 17.2 Å². The molecule has 0 aliphatic carbocycles. The Labute approximate surface area is 81.3 Å². The number of benzene rings is 1. The molecule has 4 nitrogen and oxygen atoms in total. The van der Waals surface area contributed by atoms with Crippen molar-refractivity contribution in [1.29, 1.82) is 0 Å². The highest BCUT2D eigenvalue weighted by Gasteiger charge is 2.25. The van der Waals surface area contributed by atoms with Crippen LogP contribution in [0.15, 0.2) is 12.1 Å². The van der Waals surface area contributed by atoms with Gasteiger partial charge in [-0.1, -0.05) is 0 Å². The van der Waals surface area contributed by atoms with Crippen LogP contribution in [-0.2, 0) is 6.42 Å². The number of hydrogen-bond donors (Lipinski definition) is 2. The monoisotopic (exact) mass is 193 g/mol. The fourth-order valence-corrected chi connectivity index (χ4v) is 1.72. The first-order valence-electron chi connectivity index (χ1n) is 4.40. The number of hydrogen-bond acceptors (Lipinski definition) is 3. The predicted molar refractivity (Wildman–Crippen MR) is 51.6 cm³/mol. The highest BCUT2D eigenvalue weighted by Crippen LogP contribution is 2.34. The average Bonchev–Trinajstić information content (AvgIpc) is 2.42. The zero-order chi connectivity index (χ0) is 10.3. The van der Waals surface area contributed by atoms with Gasteiger partial charge >= 0.3 is 5.97 Å². The lowest BCUT2D eigenvalue weighted by Gasteiger charge is -2.06. The highest BCUT2D eigenvalue weighted by molar-refractivity contribution is 5.93. The molecule has 1 aromatic carbocycles. The first-order chi connectivity index (χ1) is 6.58. The summed E-state index contributed by atoms with van der Waals surface area (Å²) in [7, 11) is 0. The molecule has 1 aromatic rings. The summed E-state index contributed by atoms with van der Waals surface area (Å²) >= 11 is 0. The van der Waals surface area contributed by atoms with E-state index in [2.05, 4.69) is 0 Å². The normalized spacial score (nSPS) is 18.8. The predicted octanol–water partition coefficient (Wildman–Crippen LogP) is 1.29. The summed E-state index contributed by atoms with van der Waals surface area (Å²) in [6, 6.07) is 3.20. The van der Waals surface area contributed by atoms with Crippen molar-refractivity contribution in [3.63, 3.8) is 0 Å². The molecule has 0 fully saturated rings. The topological polar surface area (TPSA) is 72.6 Å². The van der Waals surface area contributed by atoms with E-state index in [-0.39, 0.29) is 11.7 Å². The number of carboxylic acid groups (broad SMARTS) is 1. The van der Waals surface area contributed by atoms with Crippen LogP contribution in [0.3, 0.4) is 0 Å². The molecule has 74 valence electrons. The third-order valence-electron chi connectivity index (χ3n) is 2.24. The van der Waals surface area contributed by atoms with E-state index in [0.717, 1.165) is 12.0 Å². The van der Waals surface area contributed by atoms with Gasteiger partial charge in [0.05, 0.1) is 0 Å². The maximum Gasteiger partial charge on any atom is 0.339 e. The molecular formula is C10H11NO3. The standard InChI is InChI=1S/C10H11NO3/c1-5-2-6-3-7(11)4-8(10(12)13)9(6)14-5/h3-5H,2,11H2,1H3,(H,12,13)/t5-/m1/s1. The van der Waals surface area contributed by atoms with E-state index in [9.17, 15) is 4.79 Å². The van der Waals surface area contributed by atoms with Crippen molar-refractivity contribution in [3.8, 4) is 5.75 Å². The Balaban J connectivity index is 2.57. The minimum absolute atomic E-state index is 0.0323. The lowest BCUT2D eigenvalue weighted by Crippen LogP contribution is -2.07. The molecule has 0 saturated carbocycles. The molecular weight excluding hydrogens is 182 g/mol. The van der Waals surface area contributed by atoms with Crippen LogP contribution in [0.2, 0.25) is 0 Å². The molecule has 0 aromatic heterocycles. The Morgan fingerprint density at radius 3 is 3.00 bits per heavy atom. The number of anilines is 1. The van der Waals surface area contributed by atoms with Gasteiger partial charge in [0.25, 0.3) is 0 Å². The molecule has 1 atom stereocenters. The van der Waals surface area contributed by atoms with Crippen molar-refractivity contribution in [2.45, 2.75) is 19.4 Å². The van der Waals surface area contributed by atoms with E-state index in [1.54, 1.807) is 6.07 Å². The quantitative estimate of drug-likeness (QED) is 0.659. The van der Waals surface area contributed by atoms with E-state index >= 15 is 0 Å². The van der Waals surface area contributed by atoms with Gasteiger partial charge in [0.2, 0.25) is 0 Å². The Morgan fingerprint density at radius 2 is 2.36 bits per heavy atom. The molecule has 0 radical (unpaired) electrons. The molecule has 3 N–H and O–H groups in total. The van der Waals surface area contributed by atoms with E-state index < -0.39 is 5.97 Å². The van der Waals surface area contributed by atoms with Gasteiger partial charge in [0, 0.05) is 17.7 Å². The van der Waals surface area contributed by atoms with Gasteiger partial charge < -0.3 is 15.6 Å². The molecule has 1 aliphatic rings. The van der Waals surface area contributed by atoms with Crippen LogP contribution < -0.4 is 10.5 Å². The largest absolute Gasteiger partial charge is 0.489 e. The second-order valence-corrected chi connectivity index (χ2v) is 3.49. The summed E-state index contributed by atoms with van der Waals surface area (Å²) in [5.74, 6) is -0.526. The summed E-state index contributed by atoms with van der Waals surface area (Å²) in [4.78, 5) is 10.9. The third-order valence-corrected chi connectivity index (χ3v) is 2.24. The van der Waals surface area contributed by atoms with Crippen molar-refractivity contribution in [3.05, 3.63) is 23.3 Å². The number of ether oxygens (including phenoxy) is 1. The smallest absolute Gasteiger partial charge is 0.339 e. The Bertz CT molecular complexity index is 401. The van der Waals surface area contributed by atoms with Gasteiger partial charge in [-0.25, -0.2) is 4.79 Å². The average molecular weight is 193 g/mol. The molecule has 1 aliphatic heterocycles. The van der Waals surface area contributed by atoms with Crippen LogP contribution in [0.1, 0.15) is 22.8 Å². The van der Waals surface area contributed by atoms with Gasteiger partial charge in [0.1, 0.15) is 17.4 Å². The minimum atomic E-state index is -0.998. The highest BCUT2D eigenvalue weighted by atomic mass is 16.5. The molecule has 4 heteroatoms. The van der Waals surface area contributed by atoms with Gasteiger partial charge in [-0.05, 0) is 19.1 Å². The summed E-state index contributed by atoms with van der Waals surface area (Å²) < 4.78 is 5.42. The fraction of sp³-hybridized carbons (Fsp3) is 0.300. The zero-order valence-electron chi connectivity index (χ0n) is 7.78. The van der Waals surface area contributed by atoms with Crippen LogP contribution in [0, 0.1) is 0 Å². The van der Waals surface area contributed by atoms with Gasteiger partial charge in [-0.2, -0.15) is 0 Å². The number of nitrogen functional groups attached to an aromatic ring is 1. The van der Waals surface area contributed by atoms with Crippen LogP contribution in [0.5, 0.6) is 5.75 Å². The minimum Gasteiger partial charge on any atom is -0.489 e. The number of carboxylic acids is 1. The molecule has 0 bridgehead atoms. The lowest BCUT2D eigenvalue weighted by molar-refractivity contribution is 0.0692. The van der Waals surface area contributed by atoms with Crippen molar-refractivity contribution < 1.29 is 14.6 Å². The maximum absolute atomic E-state index is 10.9. The molecule has 0 saturated heterocycles. The van der Waals surface area contributed by atoms with Crippen molar-refractivity contribution in [2.24, 2.45) is 0 Å². The van der Waals surface area contributed by atoms with Crippen molar-refractivity contribution >= 4 is 11.7 Å². The maximum atomic E-state index is 10.9. The second-order valence-electron chi connectivity index (χ2n) is 3.49. The second kappa shape index (κ2) is 2.90.